The largest absolute Gasteiger partial charge is 0.285 e. The number of carbonyl (C=O) groups is 2. The maximum absolute atomic E-state index is 12.9. The van der Waals surface area contributed by atoms with Gasteiger partial charge in [-0.1, -0.05) is 91.0 Å². The Morgan fingerprint density at radius 1 is 0.538 bits per heavy atom. The van der Waals surface area contributed by atoms with Gasteiger partial charge in [0.15, 0.2) is 0 Å². The summed E-state index contributed by atoms with van der Waals surface area (Å²) >= 11 is 0. The third-order valence-corrected chi connectivity index (χ3v) is 4.47. The fourth-order valence-electron chi connectivity index (χ4n) is 3.13. The number of Topliss-reactive ketones (excluding diaryl/α,β-unsaturated/α-hetero) is 2. The predicted molar refractivity (Wildman–Crippen MR) is 104 cm³/mol. The summed E-state index contributed by atoms with van der Waals surface area (Å²) in [6.07, 6.45) is 0. The average Bonchev–Trinajstić information content (AvgIpc) is 2.73. The first kappa shape index (κ1) is 16.0. The molecule has 0 spiro atoms. The lowest BCUT2D eigenvalue weighted by atomic mass is 9.92. The van der Waals surface area contributed by atoms with Gasteiger partial charge in [0, 0.05) is 11.1 Å². The summed E-state index contributed by atoms with van der Waals surface area (Å²) in [7, 11) is 0. The van der Waals surface area contributed by atoms with Crippen LogP contribution in [0.1, 0.15) is 20.7 Å². The fourth-order valence-corrected chi connectivity index (χ4v) is 3.13. The molecule has 0 aliphatic carbocycles. The minimum Gasteiger partial charge on any atom is -0.285 e. The average molecular weight is 336 g/mol. The molecule has 4 aromatic carbocycles. The third kappa shape index (κ3) is 2.93. The molecule has 2 nitrogen and oxygen atoms in total. The summed E-state index contributed by atoms with van der Waals surface area (Å²) in [5, 5.41) is 2.24. The van der Waals surface area contributed by atoms with E-state index in [9.17, 15) is 9.59 Å². The highest BCUT2D eigenvalue weighted by molar-refractivity contribution is 6.50. The van der Waals surface area contributed by atoms with Crippen LogP contribution < -0.4 is 0 Å². The van der Waals surface area contributed by atoms with Crippen molar-refractivity contribution in [2.45, 2.75) is 0 Å². The topological polar surface area (TPSA) is 34.1 Å². The van der Waals surface area contributed by atoms with E-state index in [0.717, 1.165) is 21.9 Å². The van der Waals surface area contributed by atoms with Crippen molar-refractivity contribution in [3.63, 3.8) is 0 Å². The zero-order valence-corrected chi connectivity index (χ0v) is 14.1. The number of fused-ring (bicyclic) bond motifs is 1. The molecule has 0 fully saturated rings. The summed E-state index contributed by atoms with van der Waals surface area (Å²) in [6.45, 7) is 0. The lowest BCUT2D eigenvalue weighted by molar-refractivity contribution is 0.0817. The highest BCUT2D eigenvalue weighted by atomic mass is 16.2. The number of benzene rings is 4. The van der Waals surface area contributed by atoms with Gasteiger partial charge in [-0.3, -0.25) is 9.59 Å². The van der Waals surface area contributed by atoms with Crippen molar-refractivity contribution in [1.82, 2.24) is 0 Å². The van der Waals surface area contributed by atoms with E-state index in [0.29, 0.717) is 11.1 Å². The molecule has 0 saturated carbocycles. The zero-order valence-electron chi connectivity index (χ0n) is 14.1. The molecule has 26 heavy (non-hydrogen) atoms. The maximum atomic E-state index is 12.9. The Hall–Kier alpha value is -3.52. The van der Waals surface area contributed by atoms with Crippen molar-refractivity contribution in [2.24, 2.45) is 0 Å². The Bertz CT molecular complexity index is 1110. The molecule has 0 saturated heterocycles. The molecule has 0 radical (unpaired) electrons. The number of carbonyl (C=O) groups excluding carboxylic acids is 2. The molecule has 124 valence electrons. The normalized spacial score (nSPS) is 10.6. The predicted octanol–water partition coefficient (Wildman–Crippen LogP) is 5.57. The molecule has 0 aliphatic rings. The lowest BCUT2D eigenvalue weighted by Crippen LogP contribution is -2.15. The van der Waals surface area contributed by atoms with E-state index < -0.39 is 11.6 Å². The van der Waals surface area contributed by atoms with E-state index in [-0.39, 0.29) is 0 Å². The van der Waals surface area contributed by atoms with Crippen LogP contribution in [0.4, 0.5) is 0 Å². The van der Waals surface area contributed by atoms with Gasteiger partial charge in [0.2, 0.25) is 11.6 Å². The Morgan fingerprint density at radius 3 is 2.00 bits per heavy atom. The Kier molecular flexibility index (Phi) is 4.16. The second-order valence-electron chi connectivity index (χ2n) is 6.13. The minimum absolute atomic E-state index is 0.408. The van der Waals surface area contributed by atoms with Gasteiger partial charge in [0.1, 0.15) is 0 Å². The SMILES string of the molecule is O=C(C(=O)c1ccccc1-c1ccc2ccccc2c1)c1ccccc1. The number of rotatable bonds is 4. The monoisotopic (exact) mass is 336 g/mol. The van der Waals surface area contributed by atoms with Crippen LogP contribution in [0.25, 0.3) is 21.9 Å². The molecule has 4 aromatic rings. The first-order chi connectivity index (χ1) is 12.7. The van der Waals surface area contributed by atoms with Gasteiger partial charge in [-0.25, -0.2) is 0 Å². The van der Waals surface area contributed by atoms with Crippen molar-refractivity contribution in [3.8, 4) is 11.1 Å². The van der Waals surface area contributed by atoms with Crippen molar-refractivity contribution in [3.05, 3.63) is 108 Å². The zero-order chi connectivity index (χ0) is 17.9. The molecular formula is C24H16O2. The Morgan fingerprint density at radius 2 is 1.19 bits per heavy atom. The van der Waals surface area contributed by atoms with Gasteiger partial charge >= 0.3 is 0 Å². The van der Waals surface area contributed by atoms with E-state index in [1.54, 1.807) is 36.4 Å². The van der Waals surface area contributed by atoms with Crippen LogP contribution in [0.2, 0.25) is 0 Å². The minimum atomic E-state index is -0.487. The summed E-state index contributed by atoms with van der Waals surface area (Å²) in [5.41, 5.74) is 2.53. The van der Waals surface area contributed by atoms with Crippen LogP contribution in [-0.2, 0) is 0 Å². The number of hydrogen-bond donors (Lipinski definition) is 0. The molecular weight excluding hydrogens is 320 g/mol. The molecule has 0 unspecified atom stereocenters. The van der Waals surface area contributed by atoms with Gasteiger partial charge in [0.05, 0.1) is 0 Å². The van der Waals surface area contributed by atoms with Gasteiger partial charge in [-0.05, 0) is 28.0 Å². The van der Waals surface area contributed by atoms with E-state index in [2.05, 4.69) is 12.1 Å². The van der Waals surface area contributed by atoms with Gasteiger partial charge < -0.3 is 0 Å². The Balaban J connectivity index is 1.79. The molecule has 0 heterocycles. The van der Waals surface area contributed by atoms with Crippen LogP contribution >= 0.6 is 0 Å². The molecule has 0 aromatic heterocycles. The standard InChI is InChI=1S/C24H16O2/c25-23(18-9-2-1-3-10-18)24(26)22-13-7-6-12-21(22)20-15-14-17-8-4-5-11-19(17)16-20/h1-16H. The molecule has 0 amide bonds. The molecule has 4 rings (SSSR count). The maximum Gasteiger partial charge on any atom is 0.234 e. The van der Waals surface area contributed by atoms with Crippen LogP contribution in [0.3, 0.4) is 0 Å². The van der Waals surface area contributed by atoms with E-state index in [1.807, 2.05) is 48.5 Å². The summed E-state index contributed by atoms with van der Waals surface area (Å²) in [5.74, 6) is -0.973. The first-order valence-electron chi connectivity index (χ1n) is 8.46. The molecule has 2 heteroatoms. The lowest BCUT2D eigenvalue weighted by Gasteiger charge is -2.10. The summed E-state index contributed by atoms with van der Waals surface area (Å²) < 4.78 is 0. The Labute approximate surface area is 151 Å². The quantitative estimate of drug-likeness (QED) is 0.360. The van der Waals surface area contributed by atoms with E-state index >= 15 is 0 Å². The van der Waals surface area contributed by atoms with Crippen LogP contribution in [0.15, 0.2) is 97.1 Å². The van der Waals surface area contributed by atoms with Crippen LogP contribution in [-0.4, -0.2) is 11.6 Å². The second-order valence-corrected chi connectivity index (χ2v) is 6.13. The van der Waals surface area contributed by atoms with Crippen molar-refractivity contribution >= 4 is 22.3 Å². The number of ketones is 2. The van der Waals surface area contributed by atoms with Crippen molar-refractivity contribution < 1.29 is 9.59 Å². The molecule has 0 bridgehead atoms. The number of hydrogen-bond acceptors (Lipinski definition) is 2. The van der Waals surface area contributed by atoms with Crippen LogP contribution in [0, 0.1) is 0 Å². The highest BCUT2D eigenvalue weighted by Gasteiger charge is 2.21. The van der Waals surface area contributed by atoms with Gasteiger partial charge in [-0.2, -0.15) is 0 Å². The van der Waals surface area contributed by atoms with Gasteiger partial charge in [0.25, 0.3) is 0 Å². The van der Waals surface area contributed by atoms with Gasteiger partial charge in [-0.15, -0.1) is 0 Å². The van der Waals surface area contributed by atoms with E-state index in [1.165, 1.54) is 0 Å². The second kappa shape index (κ2) is 6.77. The summed E-state index contributed by atoms with van der Waals surface area (Å²) in [4.78, 5) is 25.4. The smallest absolute Gasteiger partial charge is 0.234 e. The van der Waals surface area contributed by atoms with E-state index in [4.69, 9.17) is 0 Å². The molecule has 0 aliphatic heterocycles. The fraction of sp³-hybridized carbons (Fsp3) is 0. The molecule has 0 atom stereocenters. The van der Waals surface area contributed by atoms with Crippen molar-refractivity contribution in [1.29, 1.82) is 0 Å². The first-order valence-corrected chi connectivity index (χ1v) is 8.46. The van der Waals surface area contributed by atoms with Crippen molar-refractivity contribution in [2.75, 3.05) is 0 Å². The van der Waals surface area contributed by atoms with Crippen LogP contribution in [0.5, 0.6) is 0 Å². The summed E-state index contributed by atoms with van der Waals surface area (Å²) in [6, 6.07) is 30.1. The third-order valence-electron chi connectivity index (χ3n) is 4.47. The molecule has 0 N–H and O–H groups in total. The highest BCUT2D eigenvalue weighted by Crippen LogP contribution is 2.28.